The zero-order valence-electron chi connectivity index (χ0n) is 10.8. The second-order valence-electron chi connectivity index (χ2n) is 4.43. The van der Waals surface area contributed by atoms with Crippen LogP contribution in [0.25, 0.3) is 11.3 Å². The predicted molar refractivity (Wildman–Crippen MR) is 75.0 cm³/mol. The van der Waals surface area contributed by atoms with E-state index in [4.69, 9.17) is 4.74 Å². The Morgan fingerprint density at radius 2 is 2.37 bits per heavy atom. The number of carbonyl (C=O) groups is 1. The largest absolute Gasteiger partial charge is 0.465 e. The molecular weight excluding hydrogens is 260 g/mol. The van der Waals surface area contributed by atoms with Crippen LogP contribution in [0, 0.1) is 6.92 Å². The number of carbonyl (C=O) groups excluding carboxylic acids is 1. The van der Waals surface area contributed by atoms with Gasteiger partial charge >= 0.3 is 5.97 Å². The lowest BCUT2D eigenvalue weighted by Crippen LogP contribution is -2.04. The van der Waals surface area contributed by atoms with Crippen molar-refractivity contribution in [3.8, 4) is 11.3 Å². The molecule has 0 saturated carbocycles. The molecule has 19 heavy (non-hydrogen) atoms. The van der Waals surface area contributed by atoms with Gasteiger partial charge in [-0.05, 0) is 24.6 Å². The predicted octanol–water partition coefficient (Wildman–Crippen LogP) is 2.85. The highest BCUT2D eigenvalue weighted by Gasteiger charge is 2.28. The van der Waals surface area contributed by atoms with Crippen LogP contribution in [0.1, 0.15) is 21.6 Å². The molecule has 0 spiro atoms. The number of thioether (sulfide) groups is 1. The van der Waals surface area contributed by atoms with E-state index in [0.29, 0.717) is 5.56 Å². The van der Waals surface area contributed by atoms with Gasteiger partial charge in [-0.25, -0.2) is 4.79 Å². The van der Waals surface area contributed by atoms with E-state index in [1.165, 1.54) is 7.11 Å². The summed E-state index contributed by atoms with van der Waals surface area (Å²) in [6.45, 7) is 1.98. The van der Waals surface area contributed by atoms with Crippen LogP contribution in [0.5, 0.6) is 0 Å². The Labute approximate surface area is 115 Å². The summed E-state index contributed by atoms with van der Waals surface area (Å²) in [6, 6.07) is 3.93. The highest BCUT2D eigenvalue weighted by Crippen LogP contribution is 2.38. The molecule has 4 nitrogen and oxygen atoms in total. The number of esters is 1. The monoisotopic (exact) mass is 274 g/mol. The molecule has 0 atom stereocenters. The van der Waals surface area contributed by atoms with Crippen molar-refractivity contribution >= 4 is 17.7 Å². The molecule has 2 aromatic rings. The van der Waals surface area contributed by atoms with Gasteiger partial charge in [-0.15, -0.1) is 11.8 Å². The van der Waals surface area contributed by atoms with Crippen LogP contribution in [-0.4, -0.2) is 22.6 Å². The summed E-state index contributed by atoms with van der Waals surface area (Å²) in [4.78, 5) is 16.1. The third-order valence-electron chi connectivity index (χ3n) is 3.40. The molecule has 98 valence electrons. The fraction of sp³-hybridized carbons (Fsp3) is 0.286. The van der Waals surface area contributed by atoms with Crippen molar-refractivity contribution in [3.63, 3.8) is 0 Å². The van der Waals surface area contributed by atoms with Crippen LogP contribution >= 0.6 is 11.8 Å². The molecule has 1 aliphatic rings. The van der Waals surface area contributed by atoms with E-state index in [1.807, 2.05) is 25.3 Å². The lowest BCUT2D eigenvalue weighted by Gasteiger charge is -2.06. The molecule has 0 amide bonds. The molecule has 3 heterocycles. The van der Waals surface area contributed by atoms with Crippen LogP contribution in [0.2, 0.25) is 0 Å². The summed E-state index contributed by atoms with van der Waals surface area (Å²) in [7, 11) is 1.43. The van der Waals surface area contributed by atoms with E-state index in [-0.39, 0.29) is 5.97 Å². The Balaban J connectivity index is 2.24. The molecule has 1 aliphatic heterocycles. The van der Waals surface area contributed by atoms with Gasteiger partial charge in [0.25, 0.3) is 0 Å². The number of rotatable bonds is 2. The van der Waals surface area contributed by atoms with Crippen molar-refractivity contribution in [1.29, 1.82) is 0 Å². The number of hydrogen-bond acceptors (Lipinski definition) is 4. The van der Waals surface area contributed by atoms with Crippen molar-refractivity contribution in [1.82, 2.24) is 9.55 Å². The minimum Gasteiger partial charge on any atom is -0.465 e. The van der Waals surface area contributed by atoms with Crippen molar-refractivity contribution in [2.24, 2.45) is 0 Å². The number of aromatic nitrogens is 2. The quantitative estimate of drug-likeness (QED) is 0.790. The summed E-state index contributed by atoms with van der Waals surface area (Å²) in [6.07, 6.45) is 3.59. The zero-order chi connectivity index (χ0) is 13.4. The topological polar surface area (TPSA) is 44.1 Å². The molecule has 0 aromatic carbocycles. The third kappa shape index (κ3) is 1.85. The Morgan fingerprint density at radius 3 is 3.05 bits per heavy atom. The first-order valence-electron chi connectivity index (χ1n) is 6.02. The number of hydrogen-bond donors (Lipinski definition) is 0. The van der Waals surface area contributed by atoms with Gasteiger partial charge in [-0.2, -0.15) is 0 Å². The highest BCUT2D eigenvalue weighted by molar-refractivity contribution is 7.97. The molecule has 0 radical (unpaired) electrons. The Hall–Kier alpha value is -1.75. The molecule has 0 fully saturated rings. The van der Waals surface area contributed by atoms with E-state index >= 15 is 0 Å². The van der Waals surface area contributed by atoms with Gasteiger partial charge in [-0.3, -0.25) is 4.98 Å². The SMILES string of the molecule is COC(=O)c1c(C)c(-c2cccnc2)n2c1CSC2. The van der Waals surface area contributed by atoms with Crippen LogP contribution in [0.15, 0.2) is 24.5 Å². The van der Waals surface area contributed by atoms with Crippen molar-refractivity contribution in [3.05, 3.63) is 41.3 Å². The van der Waals surface area contributed by atoms with Gasteiger partial charge in [0, 0.05) is 29.4 Å². The van der Waals surface area contributed by atoms with Crippen LogP contribution in [-0.2, 0) is 16.4 Å². The maximum atomic E-state index is 12.0. The van der Waals surface area contributed by atoms with Gasteiger partial charge in [0.05, 0.1) is 24.2 Å². The second-order valence-corrected chi connectivity index (χ2v) is 5.39. The van der Waals surface area contributed by atoms with E-state index in [1.54, 1.807) is 18.0 Å². The first kappa shape index (κ1) is 12.3. The number of nitrogens with zero attached hydrogens (tertiary/aromatic N) is 2. The summed E-state index contributed by atoms with van der Waals surface area (Å²) in [5.74, 6) is 1.47. The smallest absolute Gasteiger partial charge is 0.340 e. The van der Waals surface area contributed by atoms with Crippen molar-refractivity contribution in [2.45, 2.75) is 18.6 Å². The van der Waals surface area contributed by atoms with E-state index in [9.17, 15) is 4.79 Å². The van der Waals surface area contributed by atoms with E-state index < -0.39 is 0 Å². The molecule has 2 aromatic heterocycles. The first-order chi connectivity index (χ1) is 9.24. The number of pyridine rings is 1. The van der Waals surface area contributed by atoms with Crippen molar-refractivity contribution < 1.29 is 9.53 Å². The summed E-state index contributed by atoms with van der Waals surface area (Å²) >= 11 is 1.80. The van der Waals surface area contributed by atoms with Crippen molar-refractivity contribution in [2.75, 3.05) is 7.11 Å². The fourth-order valence-corrected chi connectivity index (χ4v) is 3.63. The Morgan fingerprint density at radius 1 is 1.53 bits per heavy atom. The molecule has 3 rings (SSSR count). The molecule has 5 heteroatoms. The van der Waals surface area contributed by atoms with Crippen LogP contribution < -0.4 is 0 Å². The van der Waals surface area contributed by atoms with E-state index in [0.717, 1.165) is 34.1 Å². The van der Waals surface area contributed by atoms with Gasteiger partial charge in [0.2, 0.25) is 0 Å². The summed E-state index contributed by atoms with van der Waals surface area (Å²) in [5, 5.41) is 0. The molecule has 0 bridgehead atoms. The minimum atomic E-state index is -0.251. The average Bonchev–Trinajstić information content (AvgIpc) is 2.98. The first-order valence-corrected chi connectivity index (χ1v) is 7.18. The summed E-state index contributed by atoms with van der Waals surface area (Å²) < 4.78 is 7.11. The average molecular weight is 274 g/mol. The lowest BCUT2D eigenvalue weighted by molar-refractivity contribution is 0.0599. The van der Waals surface area contributed by atoms with Gasteiger partial charge < -0.3 is 9.30 Å². The molecule has 0 saturated heterocycles. The molecular formula is C14H14N2O2S. The molecule has 0 N–H and O–H groups in total. The minimum absolute atomic E-state index is 0.251. The lowest BCUT2D eigenvalue weighted by atomic mass is 10.1. The van der Waals surface area contributed by atoms with E-state index in [2.05, 4.69) is 9.55 Å². The standard InChI is InChI=1S/C14H14N2O2S/c1-9-12(14(17)18-2)11-7-19-8-16(11)13(9)10-4-3-5-15-6-10/h3-6H,7-8H2,1-2H3. The van der Waals surface area contributed by atoms with Gasteiger partial charge in [0.15, 0.2) is 0 Å². The highest BCUT2D eigenvalue weighted by atomic mass is 32.2. The second kappa shape index (κ2) is 4.74. The Bertz CT molecular complexity index is 635. The third-order valence-corrected chi connectivity index (χ3v) is 4.32. The van der Waals surface area contributed by atoms with Gasteiger partial charge in [0.1, 0.15) is 0 Å². The van der Waals surface area contributed by atoms with Crippen LogP contribution in [0.3, 0.4) is 0 Å². The Kier molecular flexibility index (Phi) is 3.06. The number of ether oxygens (including phenoxy) is 1. The maximum absolute atomic E-state index is 12.0. The normalized spacial score (nSPS) is 13.4. The molecule has 0 aliphatic carbocycles. The number of methoxy groups -OCH3 is 1. The zero-order valence-corrected chi connectivity index (χ0v) is 11.7. The summed E-state index contributed by atoms with van der Waals surface area (Å²) in [5.41, 5.74) is 4.88. The number of fused-ring (bicyclic) bond motifs is 1. The molecule has 0 unspecified atom stereocenters. The van der Waals surface area contributed by atoms with Crippen LogP contribution in [0.4, 0.5) is 0 Å². The fourth-order valence-electron chi connectivity index (χ4n) is 2.58. The van der Waals surface area contributed by atoms with Gasteiger partial charge in [-0.1, -0.05) is 0 Å². The maximum Gasteiger partial charge on any atom is 0.340 e.